The van der Waals surface area contributed by atoms with Crippen LogP contribution in [-0.4, -0.2) is 6.19 Å². The molecule has 100 valence electrons. The minimum Gasteiger partial charge on any atom is -0.147 e. The molecule has 0 amide bonds. The van der Waals surface area contributed by atoms with Crippen LogP contribution in [0.1, 0.15) is 26.7 Å². The molecule has 0 aromatic rings. The molecule has 0 fully saturated rings. The zero-order valence-corrected chi connectivity index (χ0v) is 15.7. The molecule has 0 spiro atoms. The van der Waals surface area contributed by atoms with Gasteiger partial charge < -0.3 is 0 Å². The first-order chi connectivity index (χ1) is 7.59. The van der Waals surface area contributed by atoms with Crippen molar-refractivity contribution in [3.8, 4) is 0 Å². The molecule has 0 radical (unpaired) electrons. The average molecular weight is 337 g/mol. The number of allylic oxidation sites excluding steroid dienone is 8. The van der Waals surface area contributed by atoms with Crippen LogP contribution < -0.4 is 0 Å². The molecule has 0 atom stereocenters. The number of hydrogen-bond acceptors (Lipinski definition) is 0. The second-order valence-electron chi connectivity index (χ2n) is 5.01. The zero-order chi connectivity index (χ0) is 11.7. The predicted octanol–water partition coefficient (Wildman–Crippen LogP) is 5.17. The van der Waals surface area contributed by atoms with Crippen molar-refractivity contribution in [1.29, 1.82) is 0 Å². The van der Waals surface area contributed by atoms with Crippen LogP contribution in [-0.2, 0) is 16.6 Å². The van der Waals surface area contributed by atoms with Crippen LogP contribution in [0.4, 0.5) is 0 Å². The summed E-state index contributed by atoms with van der Waals surface area (Å²) in [6, 6.07) is 0. The van der Waals surface area contributed by atoms with E-state index >= 15 is 0 Å². The first kappa shape index (κ1) is 18.5. The molecule has 0 aromatic heterocycles. The van der Waals surface area contributed by atoms with E-state index in [9.17, 15) is 0 Å². The first-order valence-electron chi connectivity index (χ1n) is 6.00. The number of hydrogen-bond donors (Lipinski definition) is 0. The zero-order valence-electron chi connectivity index (χ0n) is 11.5. The maximum Gasteiger partial charge on any atom is -0.147 e. The Hall–Kier alpha value is 0.471. The van der Waals surface area contributed by atoms with Crippen molar-refractivity contribution in [3.63, 3.8) is 0 Å². The van der Waals surface area contributed by atoms with Gasteiger partial charge in [0.05, 0.1) is 0 Å². The van der Waals surface area contributed by atoms with Crippen LogP contribution in [0.5, 0.6) is 0 Å². The van der Waals surface area contributed by atoms with Crippen molar-refractivity contribution >= 4 is 31.0 Å². The van der Waals surface area contributed by atoms with Crippen LogP contribution in [0.2, 0.25) is 13.1 Å². The van der Waals surface area contributed by atoms with E-state index in [2.05, 4.69) is 51.2 Å². The Morgan fingerprint density at radius 1 is 1.11 bits per heavy atom. The van der Waals surface area contributed by atoms with Gasteiger partial charge in [-0.25, -0.2) is 0 Å². The van der Waals surface area contributed by atoms with E-state index in [1.165, 1.54) is 18.4 Å². The first-order valence-corrected chi connectivity index (χ1v) is 12.4. The van der Waals surface area contributed by atoms with Gasteiger partial charge in [0.25, 0.3) is 0 Å². The Labute approximate surface area is 130 Å². The molecule has 2 aliphatic carbocycles. The smallest absolute Gasteiger partial charge is 0.147 e. The van der Waals surface area contributed by atoms with Gasteiger partial charge in [-0.05, 0) is 0 Å². The molecule has 0 N–H and O–H groups in total. The van der Waals surface area contributed by atoms with Gasteiger partial charge in [-0.15, -0.1) is 24.8 Å². The molecule has 0 aliphatic heterocycles. The van der Waals surface area contributed by atoms with Crippen LogP contribution in [0.25, 0.3) is 0 Å². The molecule has 0 bridgehead atoms. The van der Waals surface area contributed by atoms with E-state index in [-0.39, 0.29) is 31.0 Å². The molecule has 4 heteroatoms. The van der Waals surface area contributed by atoms with Crippen molar-refractivity contribution < 1.29 is 16.6 Å². The van der Waals surface area contributed by atoms with Gasteiger partial charge in [-0.1, -0.05) is 0 Å². The molecule has 0 aromatic carbocycles. The second-order valence-corrected chi connectivity index (χ2v) is 16.9. The Morgan fingerprint density at radius 3 is 2.17 bits per heavy atom. The third-order valence-electron chi connectivity index (χ3n) is 3.43. The van der Waals surface area contributed by atoms with Gasteiger partial charge in [0.2, 0.25) is 0 Å². The molecule has 0 nitrogen and oxygen atoms in total. The maximum absolute atomic E-state index is 2.52. The molecule has 2 rings (SSSR count). The number of rotatable bonds is 2. The fourth-order valence-corrected chi connectivity index (χ4v) is 14.0. The molecular weight excluding hydrogens is 315 g/mol. The Kier molecular flexibility index (Phi) is 8.12. The fraction of sp³-hybridized carbons (Fsp3) is 0.429. The summed E-state index contributed by atoms with van der Waals surface area (Å²) in [6.45, 7) is 9.61. The van der Waals surface area contributed by atoms with E-state index in [1.54, 1.807) is 5.57 Å². The maximum atomic E-state index is 2.52. The summed E-state index contributed by atoms with van der Waals surface area (Å²) < 4.78 is 3.65. The molecule has 0 heterocycles. The summed E-state index contributed by atoms with van der Waals surface area (Å²) in [7, 11) is 0. The summed E-state index contributed by atoms with van der Waals surface area (Å²) >= 11 is -1.07. The van der Waals surface area contributed by atoms with Crippen molar-refractivity contribution in [2.24, 2.45) is 0 Å². The quantitative estimate of drug-likeness (QED) is 0.610. The summed E-state index contributed by atoms with van der Waals surface area (Å²) in [5.41, 5.74) is 3.14. The van der Waals surface area contributed by atoms with Gasteiger partial charge in [0.15, 0.2) is 0 Å². The van der Waals surface area contributed by atoms with E-state index in [0.29, 0.717) is 0 Å². The normalized spacial score (nSPS) is 16.9. The second kappa shape index (κ2) is 7.92. The summed E-state index contributed by atoms with van der Waals surface area (Å²) in [4.78, 5) is 0. The minimum atomic E-state index is -1.07. The SMILES string of the molecule is CC1=C(C)C[C]([Ti]([C]2=CC=CC2)=[Si](C)C)=C1.Cl.Cl. The van der Waals surface area contributed by atoms with E-state index in [0.717, 1.165) is 0 Å². The molecular formula is C14H22Cl2SiTi. The topological polar surface area (TPSA) is 0 Å². The van der Waals surface area contributed by atoms with Crippen molar-refractivity contribution in [2.45, 2.75) is 39.8 Å². The van der Waals surface area contributed by atoms with E-state index in [4.69, 9.17) is 0 Å². The third-order valence-corrected chi connectivity index (χ3v) is 14.9. The Balaban J connectivity index is 0.00000144. The molecule has 0 saturated carbocycles. The van der Waals surface area contributed by atoms with Crippen LogP contribution in [0.3, 0.4) is 0 Å². The predicted molar refractivity (Wildman–Crippen MR) is 84.9 cm³/mol. The van der Waals surface area contributed by atoms with Gasteiger partial charge in [0, 0.05) is 0 Å². The van der Waals surface area contributed by atoms with Crippen molar-refractivity contribution in [1.82, 2.24) is 0 Å². The summed E-state index contributed by atoms with van der Waals surface area (Å²) in [5, 5.41) is 0. The third kappa shape index (κ3) is 3.98. The number of halogens is 2. The van der Waals surface area contributed by atoms with Crippen molar-refractivity contribution in [2.75, 3.05) is 0 Å². The monoisotopic (exact) mass is 336 g/mol. The van der Waals surface area contributed by atoms with Crippen LogP contribution in [0.15, 0.2) is 43.2 Å². The summed E-state index contributed by atoms with van der Waals surface area (Å²) in [5.74, 6) is 0. The molecule has 18 heavy (non-hydrogen) atoms. The fourth-order valence-electron chi connectivity index (χ4n) is 2.50. The van der Waals surface area contributed by atoms with Gasteiger partial charge in [-0.3, -0.25) is 0 Å². The molecule has 0 saturated heterocycles. The van der Waals surface area contributed by atoms with E-state index in [1.807, 2.05) is 7.76 Å². The van der Waals surface area contributed by atoms with Gasteiger partial charge in [-0.2, -0.15) is 0 Å². The summed E-state index contributed by atoms with van der Waals surface area (Å²) in [6.07, 6.45) is 11.9. The Bertz CT molecular complexity index is 478. The Morgan fingerprint density at radius 2 is 1.78 bits per heavy atom. The largest absolute Gasteiger partial charge is 0.147 e. The minimum absolute atomic E-state index is 0. The van der Waals surface area contributed by atoms with Crippen LogP contribution in [0, 0.1) is 0 Å². The van der Waals surface area contributed by atoms with Crippen molar-refractivity contribution in [3.05, 3.63) is 43.2 Å². The standard InChI is InChI=1S/C7H9.C5H5.C2H6Si.2ClH.Ti/c1-6-4-3-5-7(6)2;1-2-4-5-3-1;1-3-2;;;/h4H,5H2,1-2H3;1-3H,4H2;1-2H3;2*1H;. The van der Waals surface area contributed by atoms with Gasteiger partial charge in [0.1, 0.15) is 0 Å². The van der Waals surface area contributed by atoms with Crippen LogP contribution >= 0.6 is 24.8 Å². The van der Waals surface area contributed by atoms with Gasteiger partial charge >= 0.3 is 106 Å². The average Bonchev–Trinajstić information content (AvgIpc) is 2.79. The molecule has 2 aliphatic rings. The molecule has 0 unspecified atom stereocenters. The van der Waals surface area contributed by atoms with E-state index < -0.39 is 16.6 Å².